The van der Waals surface area contributed by atoms with E-state index in [0.717, 1.165) is 77.0 Å². The minimum Gasteiger partial charge on any atom is -0.454 e. The Morgan fingerprint density at radius 1 is 0.500 bits per heavy atom. The zero-order chi connectivity index (χ0) is 56.8. The number of rotatable bonds is 53. The van der Waals surface area contributed by atoms with Crippen molar-refractivity contribution in [1.82, 2.24) is 5.32 Å². The van der Waals surface area contributed by atoms with Gasteiger partial charge < -0.3 is 45.1 Å². The number of unbranched alkanes of at least 4 members (excludes halogenated alkanes) is 27. The predicted octanol–water partition coefficient (Wildman–Crippen LogP) is 15.3. The Hall–Kier alpha value is -3.16. The van der Waals surface area contributed by atoms with Gasteiger partial charge in [0, 0.05) is 6.42 Å². The summed E-state index contributed by atoms with van der Waals surface area (Å²) >= 11 is 0. The first kappa shape index (κ1) is 72.9. The fourth-order valence-electron chi connectivity index (χ4n) is 9.45. The van der Waals surface area contributed by atoms with E-state index in [-0.39, 0.29) is 19.4 Å². The number of nitrogens with one attached hydrogen (secondary N) is 1. The highest BCUT2D eigenvalue weighted by Crippen LogP contribution is 2.26. The first-order valence-electron chi connectivity index (χ1n) is 31.9. The highest BCUT2D eigenvalue weighted by molar-refractivity contribution is 5.80. The van der Waals surface area contributed by atoms with Crippen molar-refractivity contribution in [2.24, 2.45) is 0 Å². The van der Waals surface area contributed by atoms with Crippen LogP contribution in [-0.4, -0.2) is 99.6 Å². The molecular formula is C67H117NO10. The van der Waals surface area contributed by atoms with Crippen LogP contribution in [0.2, 0.25) is 0 Å². The third kappa shape index (κ3) is 41.8. The highest BCUT2D eigenvalue weighted by atomic mass is 16.7. The molecule has 1 saturated heterocycles. The minimum atomic E-state index is -1.64. The molecule has 0 aromatic carbocycles. The average Bonchev–Trinajstić information content (AvgIpc) is 3.45. The molecule has 1 heterocycles. The molecule has 1 aliphatic rings. The van der Waals surface area contributed by atoms with Gasteiger partial charge in [-0.1, -0.05) is 254 Å². The summed E-state index contributed by atoms with van der Waals surface area (Å²) in [4.78, 5) is 26.5. The normalized spacial score (nSPS) is 19.5. The summed E-state index contributed by atoms with van der Waals surface area (Å²) in [7, 11) is 0. The van der Waals surface area contributed by atoms with Crippen molar-refractivity contribution in [3.8, 4) is 0 Å². The Morgan fingerprint density at radius 2 is 0.885 bits per heavy atom. The maximum Gasteiger partial charge on any atom is 0.306 e. The molecule has 78 heavy (non-hydrogen) atoms. The predicted molar refractivity (Wildman–Crippen MR) is 324 cm³/mol. The number of aliphatic hydroxyl groups is 5. The third-order valence-electron chi connectivity index (χ3n) is 14.5. The van der Waals surface area contributed by atoms with E-state index >= 15 is 0 Å². The molecule has 11 heteroatoms. The molecule has 450 valence electrons. The van der Waals surface area contributed by atoms with E-state index < -0.39 is 67.4 Å². The topological polar surface area (TPSA) is 175 Å². The van der Waals surface area contributed by atoms with Crippen molar-refractivity contribution in [2.75, 3.05) is 13.2 Å². The first-order valence-corrected chi connectivity index (χ1v) is 31.9. The van der Waals surface area contributed by atoms with Crippen molar-refractivity contribution in [2.45, 2.75) is 314 Å². The molecular weight excluding hydrogens is 979 g/mol. The van der Waals surface area contributed by atoms with Crippen LogP contribution in [0.5, 0.6) is 0 Å². The Kier molecular flexibility index (Phi) is 50.8. The highest BCUT2D eigenvalue weighted by Gasteiger charge is 2.47. The molecule has 0 aromatic rings. The van der Waals surface area contributed by atoms with E-state index in [9.17, 15) is 35.1 Å². The number of amides is 1. The van der Waals surface area contributed by atoms with Crippen molar-refractivity contribution >= 4 is 11.9 Å². The average molecular weight is 1100 g/mol. The molecule has 6 N–H and O–H groups in total. The van der Waals surface area contributed by atoms with E-state index in [1.54, 1.807) is 6.08 Å². The Morgan fingerprint density at radius 3 is 1.35 bits per heavy atom. The van der Waals surface area contributed by atoms with Crippen LogP contribution in [0.3, 0.4) is 0 Å². The van der Waals surface area contributed by atoms with Gasteiger partial charge in [0.2, 0.25) is 5.91 Å². The number of ether oxygens (including phenoxy) is 3. The lowest BCUT2D eigenvalue weighted by Gasteiger charge is -2.41. The van der Waals surface area contributed by atoms with Gasteiger partial charge in [-0.2, -0.15) is 0 Å². The summed E-state index contributed by atoms with van der Waals surface area (Å²) in [6, 6.07) is -1.04. The molecule has 1 aliphatic heterocycles. The number of carbonyl (C=O) groups is 2. The van der Waals surface area contributed by atoms with Gasteiger partial charge in [0.25, 0.3) is 0 Å². The molecule has 0 aliphatic carbocycles. The molecule has 1 fully saturated rings. The Labute approximate surface area is 476 Å². The number of carbonyl (C=O) groups excluding carboxylic acids is 2. The zero-order valence-corrected chi connectivity index (χ0v) is 49.8. The van der Waals surface area contributed by atoms with Crippen LogP contribution in [0.4, 0.5) is 0 Å². The Bertz CT molecular complexity index is 1590. The molecule has 1 amide bonds. The summed E-state index contributed by atoms with van der Waals surface area (Å²) < 4.78 is 17.5. The molecule has 0 spiro atoms. The molecule has 1 rings (SSSR count). The van der Waals surface area contributed by atoms with Gasteiger partial charge >= 0.3 is 5.97 Å². The molecule has 0 aromatic heterocycles. The van der Waals surface area contributed by atoms with E-state index in [4.69, 9.17) is 14.2 Å². The molecule has 0 bridgehead atoms. The van der Waals surface area contributed by atoms with Crippen LogP contribution < -0.4 is 5.32 Å². The van der Waals surface area contributed by atoms with Gasteiger partial charge in [-0.3, -0.25) is 9.59 Å². The second kappa shape index (κ2) is 54.4. The van der Waals surface area contributed by atoms with Crippen LogP contribution in [0.15, 0.2) is 85.1 Å². The zero-order valence-electron chi connectivity index (χ0n) is 49.8. The standard InChI is InChI=1S/C67H117NO10/c1-4-7-10-13-16-19-22-25-26-27-28-29-30-31-32-33-34-35-37-39-42-45-48-51-54-60(71)66(75)68-58(59(70)53-50-47-44-41-38-24-21-18-15-12-9-6-3)57-76-67-65(64(74)63(73)61(56-69)77-67)78-62(72)55-52-49-46-43-40-36-23-20-17-14-11-8-5-2/h16,19,25-26,28-29,31-32,36,40,46,49-50,53,58-61,63-65,67,69-71,73-74H,4-15,17-18,20-24,27,30,33-35,37-39,41-45,47-48,51-52,54-57H2,1-3H3,(H,68,75)/b19-16-,26-25-,29-28-,32-31-,40-36-,49-46+,53-50+. The molecule has 8 atom stereocenters. The number of aliphatic hydroxyl groups excluding tert-OH is 5. The maximum atomic E-state index is 13.4. The van der Waals surface area contributed by atoms with Crippen molar-refractivity contribution in [3.63, 3.8) is 0 Å². The third-order valence-corrected chi connectivity index (χ3v) is 14.5. The van der Waals surface area contributed by atoms with Crippen LogP contribution in [0.1, 0.15) is 265 Å². The van der Waals surface area contributed by atoms with Crippen molar-refractivity contribution < 1.29 is 49.3 Å². The summed E-state index contributed by atoms with van der Waals surface area (Å²) in [5.41, 5.74) is 0. The molecule has 0 saturated carbocycles. The van der Waals surface area contributed by atoms with Crippen LogP contribution >= 0.6 is 0 Å². The number of hydrogen-bond donors (Lipinski definition) is 6. The quantitative estimate of drug-likeness (QED) is 0.0195. The van der Waals surface area contributed by atoms with Crippen molar-refractivity contribution in [3.05, 3.63) is 85.1 Å². The monoisotopic (exact) mass is 1100 g/mol. The van der Waals surface area contributed by atoms with E-state index in [1.165, 1.54) is 141 Å². The lowest BCUT2D eigenvalue weighted by atomic mass is 9.99. The SMILES string of the molecule is CCCCC/C=C\C/C=C\C/C=C\C/C=C\CCCCCCCCCCC(O)C(=O)NC(COC1OC(CO)C(O)C(O)C1OC(=O)CC/C=C/C/C=C\CCCCCCCC)C(O)/C=C/CCCCCCCCCCCC. The first-order chi connectivity index (χ1) is 38.2. The van der Waals surface area contributed by atoms with Gasteiger partial charge in [-0.15, -0.1) is 0 Å². The van der Waals surface area contributed by atoms with Crippen molar-refractivity contribution in [1.29, 1.82) is 0 Å². The summed E-state index contributed by atoms with van der Waals surface area (Å²) in [6.07, 6.45) is 60.7. The van der Waals surface area contributed by atoms with E-state index in [2.05, 4.69) is 86.8 Å². The lowest BCUT2D eigenvalue weighted by molar-refractivity contribution is -0.305. The van der Waals surface area contributed by atoms with E-state index in [1.807, 2.05) is 18.2 Å². The van der Waals surface area contributed by atoms with Gasteiger partial charge in [0.15, 0.2) is 12.4 Å². The fourth-order valence-corrected chi connectivity index (χ4v) is 9.45. The number of allylic oxidation sites excluding steroid dienone is 13. The van der Waals surface area contributed by atoms with Crippen LogP contribution in [-0.2, 0) is 23.8 Å². The van der Waals surface area contributed by atoms with Gasteiger partial charge in [0.1, 0.15) is 24.4 Å². The number of hydrogen-bond acceptors (Lipinski definition) is 10. The summed E-state index contributed by atoms with van der Waals surface area (Å²) in [6.45, 7) is 5.71. The van der Waals surface area contributed by atoms with E-state index in [0.29, 0.717) is 12.8 Å². The molecule has 11 nitrogen and oxygen atoms in total. The fraction of sp³-hybridized carbons (Fsp3) is 0.761. The van der Waals surface area contributed by atoms with Crippen LogP contribution in [0.25, 0.3) is 0 Å². The molecule has 0 radical (unpaired) electrons. The van der Waals surface area contributed by atoms with Crippen LogP contribution in [0, 0.1) is 0 Å². The van der Waals surface area contributed by atoms with Gasteiger partial charge in [-0.25, -0.2) is 0 Å². The maximum absolute atomic E-state index is 13.4. The van der Waals surface area contributed by atoms with Gasteiger partial charge in [-0.05, 0) is 89.9 Å². The Balaban J connectivity index is 2.66. The second-order valence-electron chi connectivity index (χ2n) is 21.8. The lowest BCUT2D eigenvalue weighted by Crippen LogP contribution is -2.61. The minimum absolute atomic E-state index is 0.0143. The van der Waals surface area contributed by atoms with Gasteiger partial charge in [0.05, 0.1) is 25.4 Å². The summed E-state index contributed by atoms with van der Waals surface area (Å²) in [5, 5.41) is 56.9. The largest absolute Gasteiger partial charge is 0.454 e. The second-order valence-corrected chi connectivity index (χ2v) is 21.8. The summed E-state index contributed by atoms with van der Waals surface area (Å²) in [5.74, 6) is -1.27. The molecule has 8 unspecified atom stereocenters. The number of esters is 1. The smallest absolute Gasteiger partial charge is 0.306 e.